The van der Waals surface area contributed by atoms with E-state index in [4.69, 9.17) is 11.5 Å². The monoisotopic (exact) mass is 332 g/mol. The van der Waals surface area contributed by atoms with Gasteiger partial charge in [0, 0.05) is 21.5 Å². The molecule has 2 rings (SSSR count). The van der Waals surface area contributed by atoms with Crippen molar-refractivity contribution in [3.8, 4) is 0 Å². The lowest BCUT2D eigenvalue weighted by atomic mass is 10.2. The van der Waals surface area contributed by atoms with Crippen LogP contribution in [0.4, 0.5) is 11.4 Å². The van der Waals surface area contributed by atoms with Gasteiger partial charge in [0.2, 0.25) is 0 Å². The number of hydrogen-bond donors (Lipinski definition) is 3. The first kappa shape index (κ1) is 17.0. The van der Waals surface area contributed by atoms with Crippen LogP contribution >= 0.6 is 0 Å². The molecular formula is C16H20N4O2S. The van der Waals surface area contributed by atoms with E-state index in [1.807, 2.05) is 20.8 Å². The number of nitrogens with zero attached hydrogens (tertiary/aromatic N) is 1. The lowest BCUT2D eigenvalue weighted by Crippen LogP contribution is -2.25. The molecule has 1 unspecified atom stereocenters. The summed E-state index contributed by atoms with van der Waals surface area (Å²) in [7, 11) is -1.12. The highest BCUT2D eigenvalue weighted by Crippen LogP contribution is 2.23. The molecule has 0 saturated carbocycles. The maximum absolute atomic E-state index is 12.3. The van der Waals surface area contributed by atoms with E-state index in [9.17, 15) is 9.00 Å². The summed E-state index contributed by atoms with van der Waals surface area (Å²) in [6.07, 6.45) is 1.45. The van der Waals surface area contributed by atoms with E-state index in [-0.39, 0.29) is 21.8 Å². The number of H-pyrrole nitrogens is 1. The van der Waals surface area contributed by atoms with E-state index < -0.39 is 16.4 Å². The molecule has 0 spiro atoms. The summed E-state index contributed by atoms with van der Waals surface area (Å²) >= 11 is 0. The fourth-order valence-electron chi connectivity index (χ4n) is 1.95. The number of pyridine rings is 1. The predicted octanol–water partition coefficient (Wildman–Crippen LogP) is 1.90. The quantitative estimate of drug-likeness (QED) is 0.588. The molecule has 1 aromatic carbocycles. The smallest absolute Gasteiger partial charge is 0.261 e. The van der Waals surface area contributed by atoms with Gasteiger partial charge in [-0.2, -0.15) is 0 Å². The van der Waals surface area contributed by atoms with Crippen molar-refractivity contribution in [3.05, 3.63) is 52.4 Å². The van der Waals surface area contributed by atoms with E-state index in [2.05, 4.69) is 9.98 Å². The average molecular weight is 332 g/mol. The number of aliphatic imine (C=N–C) groups is 1. The van der Waals surface area contributed by atoms with Gasteiger partial charge in [0.25, 0.3) is 5.56 Å². The third-order valence-corrected chi connectivity index (χ3v) is 4.92. The first-order valence-corrected chi connectivity index (χ1v) is 8.19. The zero-order valence-electron chi connectivity index (χ0n) is 13.3. The Bertz CT molecular complexity index is 817. The molecule has 0 amide bonds. The topological polar surface area (TPSA) is 114 Å². The van der Waals surface area contributed by atoms with Crippen molar-refractivity contribution < 1.29 is 4.21 Å². The summed E-state index contributed by atoms with van der Waals surface area (Å²) in [5, 5.41) is 0. The average Bonchev–Trinajstić information content (AvgIpc) is 2.46. The first-order chi connectivity index (χ1) is 10.7. The Balaban J connectivity index is 2.34. The van der Waals surface area contributed by atoms with Gasteiger partial charge >= 0.3 is 0 Å². The van der Waals surface area contributed by atoms with Gasteiger partial charge in [-0.1, -0.05) is 0 Å². The fourth-order valence-corrected chi connectivity index (χ4v) is 3.04. The Morgan fingerprint density at radius 3 is 2.30 bits per heavy atom. The van der Waals surface area contributed by atoms with Crippen molar-refractivity contribution in [3.63, 3.8) is 0 Å². The van der Waals surface area contributed by atoms with Crippen LogP contribution in [0.25, 0.3) is 0 Å². The van der Waals surface area contributed by atoms with Gasteiger partial charge in [0.1, 0.15) is 11.4 Å². The Hall–Kier alpha value is -2.41. The predicted molar refractivity (Wildman–Crippen MR) is 94.5 cm³/mol. The van der Waals surface area contributed by atoms with Crippen LogP contribution in [-0.2, 0) is 10.8 Å². The molecule has 0 aliphatic rings. The third-order valence-electron chi connectivity index (χ3n) is 3.11. The van der Waals surface area contributed by atoms with E-state index in [0.717, 1.165) is 0 Å². The van der Waals surface area contributed by atoms with Crippen LogP contribution in [0.5, 0.6) is 0 Å². The molecule has 0 radical (unpaired) electrons. The molecule has 122 valence electrons. The third kappa shape index (κ3) is 3.87. The van der Waals surface area contributed by atoms with Crippen LogP contribution in [0, 0.1) is 0 Å². The molecule has 7 heteroatoms. The molecule has 0 aliphatic carbocycles. The highest BCUT2D eigenvalue weighted by Gasteiger charge is 2.20. The number of hydrogen-bond acceptors (Lipinski definition) is 4. The molecule has 0 saturated heterocycles. The normalized spacial score (nSPS) is 13.8. The molecule has 1 aromatic heterocycles. The van der Waals surface area contributed by atoms with Gasteiger partial charge < -0.3 is 16.5 Å². The zero-order valence-corrected chi connectivity index (χ0v) is 14.1. The Labute approximate surface area is 137 Å². The number of nitrogens with two attached hydrogens (primary N) is 2. The number of nitrogens with one attached hydrogen (secondary N) is 1. The van der Waals surface area contributed by atoms with Crippen molar-refractivity contribution >= 4 is 28.0 Å². The Morgan fingerprint density at radius 2 is 1.78 bits per heavy atom. The Kier molecular flexibility index (Phi) is 4.70. The number of aromatic nitrogens is 1. The molecule has 5 N–H and O–H groups in total. The van der Waals surface area contributed by atoms with Crippen molar-refractivity contribution in [2.24, 2.45) is 10.7 Å². The highest BCUT2D eigenvalue weighted by atomic mass is 32.2. The first-order valence-electron chi connectivity index (χ1n) is 7.04. The van der Waals surface area contributed by atoms with E-state index in [1.54, 1.807) is 30.3 Å². The van der Waals surface area contributed by atoms with Crippen LogP contribution < -0.4 is 17.0 Å². The largest absolute Gasteiger partial charge is 0.398 e. The number of amidine groups is 1. The van der Waals surface area contributed by atoms with Gasteiger partial charge in [-0.3, -0.25) is 9.00 Å². The van der Waals surface area contributed by atoms with Gasteiger partial charge in [0.05, 0.1) is 16.5 Å². The summed E-state index contributed by atoms with van der Waals surface area (Å²) in [6, 6.07) is 8.45. The van der Waals surface area contributed by atoms with E-state index in [0.29, 0.717) is 10.6 Å². The second kappa shape index (κ2) is 6.37. The second-order valence-corrected chi connectivity index (χ2v) is 8.24. The van der Waals surface area contributed by atoms with Crippen LogP contribution in [-0.4, -0.2) is 19.8 Å². The van der Waals surface area contributed by atoms with Gasteiger partial charge in [-0.05, 0) is 51.1 Å². The minimum Gasteiger partial charge on any atom is -0.398 e. The fraction of sp³-hybridized carbons (Fsp3) is 0.250. The van der Waals surface area contributed by atoms with Crippen molar-refractivity contribution in [1.29, 1.82) is 0 Å². The SMILES string of the molecule is CC(C)(C)S(=O)c1ccc(N=C(N)c2c(N)cc[nH]c2=O)cc1. The summed E-state index contributed by atoms with van der Waals surface area (Å²) in [5.41, 5.74) is 12.2. The van der Waals surface area contributed by atoms with Crippen LogP contribution in [0.3, 0.4) is 0 Å². The molecule has 23 heavy (non-hydrogen) atoms. The highest BCUT2D eigenvalue weighted by molar-refractivity contribution is 7.86. The summed E-state index contributed by atoms with van der Waals surface area (Å²) in [6.45, 7) is 5.74. The van der Waals surface area contributed by atoms with E-state index in [1.165, 1.54) is 6.20 Å². The lowest BCUT2D eigenvalue weighted by molar-refractivity contribution is 0.649. The molecule has 0 fully saturated rings. The van der Waals surface area contributed by atoms with Crippen molar-refractivity contribution in [2.75, 3.05) is 5.73 Å². The van der Waals surface area contributed by atoms with Crippen LogP contribution in [0.15, 0.2) is 51.2 Å². The molecule has 6 nitrogen and oxygen atoms in total. The number of anilines is 1. The number of aromatic amines is 1. The number of rotatable bonds is 3. The molecular weight excluding hydrogens is 312 g/mol. The molecule has 0 bridgehead atoms. The number of nitrogen functional groups attached to an aromatic ring is 1. The van der Waals surface area contributed by atoms with Gasteiger partial charge in [-0.25, -0.2) is 4.99 Å². The minimum atomic E-state index is -1.12. The standard InChI is InChI=1S/C16H20N4O2S/c1-16(2,3)23(22)11-6-4-10(5-7-11)20-14(18)13-12(17)8-9-19-15(13)21/h4-9H,1-3H3,(H2,18,20)(H3,17,19,21). The summed E-state index contributed by atoms with van der Waals surface area (Å²) in [5.74, 6) is 0.0362. The maximum Gasteiger partial charge on any atom is 0.261 e. The molecule has 1 heterocycles. The lowest BCUT2D eigenvalue weighted by Gasteiger charge is -2.17. The zero-order chi connectivity index (χ0) is 17.2. The van der Waals surface area contributed by atoms with Crippen LogP contribution in [0.1, 0.15) is 26.3 Å². The maximum atomic E-state index is 12.3. The molecule has 1 atom stereocenters. The van der Waals surface area contributed by atoms with E-state index >= 15 is 0 Å². The van der Waals surface area contributed by atoms with Gasteiger partial charge in [-0.15, -0.1) is 0 Å². The molecule has 0 aliphatic heterocycles. The summed E-state index contributed by atoms with van der Waals surface area (Å²) < 4.78 is 12.0. The molecule has 2 aromatic rings. The van der Waals surface area contributed by atoms with Gasteiger partial charge in [0.15, 0.2) is 0 Å². The van der Waals surface area contributed by atoms with Crippen molar-refractivity contribution in [1.82, 2.24) is 4.98 Å². The summed E-state index contributed by atoms with van der Waals surface area (Å²) in [4.78, 5) is 19.2. The Morgan fingerprint density at radius 1 is 1.17 bits per heavy atom. The van der Waals surface area contributed by atoms with Crippen LogP contribution in [0.2, 0.25) is 0 Å². The van der Waals surface area contributed by atoms with Crippen molar-refractivity contribution in [2.45, 2.75) is 30.4 Å². The minimum absolute atomic E-state index is 0.0362. The number of benzene rings is 1. The second-order valence-electron chi connectivity index (χ2n) is 6.01.